The van der Waals surface area contributed by atoms with Crippen LogP contribution in [-0.2, 0) is 13.1 Å². The Hall–Kier alpha value is -1.53. The molecule has 0 fully saturated rings. The van der Waals surface area contributed by atoms with Gasteiger partial charge in [-0.3, -0.25) is 0 Å². The number of rotatable bonds is 7. The van der Waals surface area contributed by atoms with Crippen LogP contribution in [0.4, 0.5) is 10.2 Å². The van der Waals surface area contributed by atoms with E-state index in [0.29, 0.717) is 13.1 Å². The number of anilines is 1. The molecule has 0 aliphatic carbocycles. The minimum atomic E-state index is -0.302. The molecule has 0 saturated carbocycles. The van der Waals surface area contributed by atoms with Crippen molar-refractivity contribution < 1.29 is 4.39 Å². The fourth-order valence-electron chi connectivity index (χ4n) is 1.98. The lowest BCUT2D eigenvalue weighted by atomic mass is 10.2. The van der Waals surface area contributed by atoms with Gasteiger partial charge in [0.1, 0.15) is 11.6 Å². The van der Waals surface area contributed by atoms with Crippen LogP contribution in [0, 0.1) is 5.82 Å². The van der Waals surface area contributed by atoms with E-state index in [4.69, 9.17) is 0 Å². The number of hydrogen-bond donors (Lipinski definition) is 1. The van der Waals surface area contributed by atoms with Gasteiger partial charge in [-0.1, -0.05) is 6.92 Å². The second kappa shape index (κ2) is 7.31. The molecule has 6 heteroatoms. The highest BCUT2D eigenvalue weighted by Gasteiger charge is 2.11. The van der Waals surface area contributed by atoms with Crippen molar-refractivity contribution in [1.29, 1.82) is 0 Å². The van der Waals surface area contributed by atoms with Crippen LogP contribution in [0.1, 0.15) is 24.6 Å². The largest absolute Gasteiger partial charge is 0.353 e. The molecule has 0 aliphatic rings. The van der Waals surface area contributed by atoms with Crippen LogP contribution in [0.5, 0.6) is 0 Å². The van der Waals surface area contributed by atoms with Crippen LogP contribution in [-0.4, -0.2) is 23.6 Å². The summed E-state index contributed by atoms with van der Waals surface area (Å²) in [6.07, 6.45) is 2.31. The molecule has 0 amide bonds. The molecule has 20 heavy (non-hydrogen) atoms. The van der Waals surface area contributed by atoms with Crippen molar-refractivity contribution in [2.75, 3.05) is 18.5 Å². The monoisotopic (exact) mass is 294 g/mol. The van der Waals surface area contributed by atoms with Gasteiger partial charge in [-0.25, -0.2) is 14.4 Å². The van der Waals surface area contributed by atoms with Gasteiger partial charge in [-0.2, -0.15) is 0 Å². The first kappa shape index (κ1) is 14.9. The van der Waals surface area contributed by atoms with Gasteiger partial charge in [-0.15, -0.1) is 11.3 Å². The number of hydrogen-bond acceptors (Lipinski definition) is 5. The first-order valence-electron chi connectivity index (χ1n) is 6.64. The SMILES string of the molecule is CCCNCc1cc(F)cnc1N(C)Cc1cscn1. The van der Waals surface area contributed by atoms with Crippen LogP contribution in [0.25, 0.3) is 0 Å². The Morgan fingerprint density at radius 2 is 2.25 bits per heavy atom. The fraction of sp³-hybridized carbons (Fsp3) is 0.429. The van der Waals surface area contributed by atoms with E-state index in [1.54, 1.807) is 17.4 Å². The number of pyridine rings is 1. The third-order valence-electron chi connectivity index (χ3n) is 2.90. The molecule has 2 heterocycles. The number of nitrogens with one attached hydrogen (secondary N) is 1. The number of thiazole rings is 1. The second-order valence-corrected chi connectivity index (χ2v) is 5.37. The zero-order valence-electron chi connectivity index (χ0n) is 11.8. The summed E-state index contributed by atoms with van der Waals surface area (Å²) in [5.74, 6) is 0.493. The second-order valence-electron chi connectivity index (χ2n) is 4.65. The van der Waals surface area contributed by atoms with Crippen molar-refractivity contribution in [3.05, 3.63) is 40.2 Å². The third-order valence-corrected chi connectivity index (χ3v) is 3.53. The van der Waals surface area contributed by atoms with E-state index in [2.05, 4.69) is 22.2 Å². The molecule has 0 atom stereocenters. The fourth-order valence-corrected chi connectivity index (χ4v) is 2.53. The van der Waals surface area contributed by atoms with Gasteiger partial charge in [0.05, 0.1) is 23.9 Å². The molecule has 0 unspecified atom stereocenters. The van der Waals surface area contributed by atoms with Crippen molar-refractivity contribution in [2.45, 2.75) is 26.4 Å². The Morgan fingerprint density at radius 3 is 2.95 bits per heavy atom. The molecule has 1 N–H and O–H groups in total. The van der Waals surface area contributed by atoms with Crippen molar-refractivity contribution >= 4 is 17.2 Å². The van der Waals surface area contributed by atoms with Gasteiger partial charge in [0.25, 0.3) is 0 Å². The molecule has 2 aromatic rings. The number of aromatic nitrogens is 2. The van der Waals surface area contributed by atoms with Crippen LogP contribution in [0.15, 0.2) is 23.2 Å². The molecule has 0 aromatic carbocycles. The molecule has 2 aromatic heterocycles. The third kappa shape index (κ3) is 3.98. The van der Waals surface area contributed by atoms with Gasteiger partial charge in [0, 0.05) is 24.5 Å². The number of nitrogens with zero attached hydrogens (tertiary/aromatic N) is 3. The van der Waals surface area contributed by atoms with E-state index in [9.17, 15) is 4.39 Å². The molecule has 0 bridgehead atoms. The Bertz CT molecular complexity index is 530. The summed E-state index contributed by atoms with van der Waals surface area (Å²) in [6.45, 7) is 4.30. The lowest BCUT2D eigenvalue weighted by Gasteiger charge is -2.20. The maximum Gasteiger partial charge on any atom is 0.141 e. The Balaban J connectivity index is 2.12. The Morgan fingerprint density at radius 1 is 1.40 bits per heavy atom. The Kier molecular flexibility index (Phi) is 5.43. The highest BCUT2D eigenvalue weighted by molar-refractivity contribution is 7.07. The molecule has 0 saturated heterocycles. The van der Waals surface area contributed by atoms with E-state index >= 15 is 0 Å². The van der Waals surface area contributed by atoms with E-state index in [1.165, 1.54) is 6.20 Å². The van der Waals surface area contributed by atoms with Crippen molar-refractivity contribution in [2.24, 2.45) is 0 Å². The summed E-state index contributed by atoms with van der Waals surface area (Å²) >= 11 is 1.57. The topological polar surface area (TPSA) is 41.1 Å². The molecule has 4 nitrogen and oxygen atoms in total. The highest BCUT2D eigenvalue weighted by Crippen LogP contribution is 2.19. The van der Waals surface area contributed by atoms with Crippen LogP contribution >= 0.6 is 11.3 Å². The van der Waals surface area contributed by atoms with Crippen molar-refractivity contribution in [3.63, 3.8) is 0 Å². The van der Waals surface area contributed by atoms with Crippen LogP contribution in [0.3, 0.4) is 0 Å². The molecular formula is C14H19FN4S. The predicted molar refractivity (Wildman–Crippen MR) is 80.4 cm³/mol. The van der Waals surface area contributed by atoms with Crippen LogP contribution < -0.4 is 10.2 Å². The molecule has 0 radical (unpaired) electrons. The van der Waals surface area contributed by atoms with Gasteiger partial charge in [-0.05, 0) is 19.0 Å². The molecule has 108 valence electrons. The van der Waals surface area contributed by atoms with E-state index in [0.717, 1.165) is 30.0 Å². The van der Waals surface area contributed by atoms with Crippen LogP contribution in [0.2, 0.25) is 0 Å². The summed E-state index contributed by atoms with van der Waals surface area (Å²) in [6, 6.07) is 1.54. The highest BCUT2D eigenvalue weighted by atomic mass is 32.1. The average molecular weight is 294 g/mol. The quantitative estimate of drug-likeness (QED) is 0.797. The zero-order chi connectivity index (χ0) is 14.4. The smallest absolute Gasteiger partial charge is 0.141 e. The standard InChI is InChI=1S/C14H19FN4S/c1-3-4-16-6-11-5-12(15)7-17-14(11)19(2)8-13-9-20-10-18-13/h5,7,9-10,16H,3-4,6,8H2,1-2H3. The molecule has 0 aliphatic heterocycles. The van der Waals surface area contributed by atoms with Crippen molar-refractivity contribution in [3.8, 4) is 0 Å². The van der Waals surface area contributed by atoms with Gasteiger partial charge < -0.3 is 10.2 Å². The lowest BCUT2D eigenvalue weighted by Crippen LogP contribution is -2.22. The normalized spacial score (nSPS) is 10.8. The summed E-state index contributed by atoms with van der Waals surface area (Å²) < 4.78 is 13.4. The predicted octanol–water partition coefficient (Wildman–Crippen LogP) is 2.81. The van der Waals surface area contributed by atoms with Crippen molar-refractivity contribution in [1.82, 2.24) is 15.3 Å². The van der Waals surface area contributed by atoms with Gasteiger partial charge in [0.15, 0.2) is 0 Å². The minimum absolute atomic E-state index is 0.302. The maximum atomic E-state index is 13.4. The van der Waals surface area contributed by atoms with Gasteiger partial charge in [0.2, 0.25) is 0 Å². The first-order chi connectivity index (χ1) is 9.70. The maximum absolute atomic E-state index is 13.4. The summed E-state index contributed by atoms with van der Waals surface area (Å²) in [5.41, 5.74) is 3.68. The summed E-state index contributed by atoms with van der Waals surface area (Å²) in [5, 5.41) is 5.29. The van der Waals surface area contributed by atoms with E-state index < -0.39 is 0 Å². The minimum Gasteiger partial charge on any atom is -0.353 e. The first-order valence-corrected chi connectivity index (χ1v) is 7.58. The zero-order valence-corrected chi connectivity index (χ0v) is 12.6. The van der Waals surface area contributed by atoms with Gasteiger partial charge >= 0.3 is 0 Å². The Labute approximate surface area is 122 Å². The summed E-state index contributed by atoms with van der Waals surface area (Å²) in [4.78, 5) is 10.5. The lowest BCUT2D eigenvalue weighted by molar-refractivity contribution is 0.610. The van der Waals surface area contributed by atoms with E-state index in [1.807, 2.05) is 22.8 Å². The van der Waals surface area contributed by atoms with E-state index in [-0.39, 0.29) is 5.82 Å². The molecule has 2 rings (SSSR count). The average Bonchev–Trinajstić information content (AvgIpc) is 2.92. The molecule has 0 spiro atoms. The number of halogens is 1. The molecular weight excluding hydrogens is 275 g/mol. The summed E-state index contributed by atoms with van der Waals surface area (Å²) in [7, 11) is 1.95.